The molecule has 1 aromatic rings. The molecule has 1 fully saturated rings. The van der Waals surface area contributed by atoms with Crippen molar-refractivity contribution in [1.29, 1.82) is 0 Å². The molecule has 0 spiro atoms. The van der Waals surface area contributed by atoms with E-state index in [0.717, 1.165) is 19.3 Å². The molecule has 1 amide bonds. The average molecular weight is 369 g/mol. The molecule has 0 bridgehead atoms. The maximum absolute atomic E-state index is 12.9. The van der Waals surface area contributed by atoms with Crippen LogP contribution in [0, 0.1) is 6.92 Å². The Morgan fingerprint density at radius 2 is 1.96 bits per heavy atom. The summed E-state index contributed by atoms with van der Waals surface area (Å²) >= 11 is 0. The van der Waals surface area contributed by atoms with Crippen molar-refractivity contribution in [3.05, 3.63) is 23.8 Å². The zero-order valence-electron chi connectivity index (χ0n) is 14.9. The van der Waals surface area contributed by atoms with Crippen LogP contribution in [0.5, 0.6) is 0 Å². The van der Waals surface area contributed by atoms with Crippen molar-refractivity contribution in [3.63, 3.8) is 0 Å². The van der Waals surface area contributed by atoms with E-state index in [1.54, 1.807) is 32.2 Å². The van der Waals surface area contributed by atoms with E-state index in [1.807, 2.05) is 0 Å². The van der Waals surface area contributed by atoms with Gasteiger partial charge in [0.25, 0.3) is 0 Å². The summed E-state index contributed by atoms with van der Waals surface area (Å²) in [7, 11) is -1.93. The van der Waals surface area contributed by atoms with E-state index in [0.29, 0.717) is 37.5 Å². The van der Waals surface area contributed by atoms with E-state index in [9.17, 15) is 13.2 Å². The maximum Gasteiger partial charge on any atom is 0.243 e. The molecule has 8 heteroatoms. The highest BCUT2D eigenvalue weighted by molar-refractivity contribution is 7.89. The van der Waals surface area contributed by atoms with Gasteiger partial charge >= 0.3 is 0 Å². The van der Waals surface area contributed by atoms with Crippen molar-refractivity contribution in [1.82, 2.24) is 9.62 Å². The van der Waals surface area contributed by atoms with Crippen LogP contribution >= 0.6 is 0 Å². The lowest BCUT2D eigenvalue weighted by Crippen LogP contribution is -2.36. The second-order valence-corrected chi connectivity index (χ2v) is 8.07. The zero-order valence-corrected chi connectivity index (χ0v) is 15.7. The van der Waals surface area contributed by atoms with Gasteiger partial charge in [-0.15, -0.1) is 0 Å². The van der Waals surface area contributed by atoms with Crippen LogP contribution in [0.25, 0.3) is 0 Å². The molecule has 1 aliphatic rings. The number of anilines is 1. The van der Waals surface area contributed by atoms with Crippen LogP contribution in [0.3, 0.4) is 0 Å². The van der Waals surface area contributed by atoms with Gasteiger partial charge in [0.05, 0.1) is 18.0 Å². The van der Waals surface area contributed by atoms with Crippen molar-refractivity contribution in [3.8, 4) is 0 Å². The number of benzene rings is 1. The number of sulfonamides is 1. The summed E-state index contributed by atoms with van der Waals surface area (Å²) < 4.78 is 32.2. The van der Waals surface area contributed by atoms with Gasteiger partial charge in [-0.05, 0) is 37.5 Å². The fraction of sp³-hybridized carbons (Fsp3) is 0.588. The Morgan fingerprint density at radius 3 is 2.64 bits per heavy atom. The van der Waals surface area contributed by atoms with Gasteiger partial charge in [-0.2, -0.15) is 4.31 Å². The number of piperidine rings is 1. The van der Waals surface area contributed by atoms with Gasteiger partial charge in [0.2, 0.25) is 15.9 Å². The molecular formula is C17H27N3O4S. The zero-order chi connectivity index (χ0) is 18.3. The van der Waals surface area contributed by atoms with Crippen LogP contribution in [-0.4, -0.2) is 58.5 Å². The Hall–Kier alpha value is -1.48. The minimum absolute atomic E-state index is 0.144. The first-order valence-corrected chi connectivity index (χ1v) is 9.99. The molecule has 2 rings (SSSR count). The molecule has 140 valence electrons. The summed E-state index contributed by atoms with van der Waals surface area (Å²) in [6, 6.07) is 4.99. The highest BCUT2D eigenvalue weighted by Gasteiger charge is 2.27. The van der Waals surface area contributed by atoms with E-state index in [-0.39, 0.29) is 17.3 Å². The number of hydrogen-bond donors (Lipinski definition) is 2. The van der Waals surface area contributed by atoms with Crippen LogP contribution < -0.4 is 10.6 Å². The Balaban J connectivity index is 2.07. The topological polar surface area (TPSA) is 87.7 Å². The van der Waals surface area contributed by atoms with Gasteiger partial charge in [-0.1, -0.05) is 12.5 Å². The number of nitrogens with zero attached hydrogens (tertiary/aromatic N) is 1. The van der Waals surface area contributed by atoms with Crippen LogP contribution in [0.1, 0.15) is 24.8 Å². The summed E-state index contributed by atoms with van der Waals surface area (Å²) in [5.74, 6) is -0.221. The Morgan fingerprint density at radius 1 is 1.24 bits per heavy atom. The van der Waals surface area contributed by atoms with E-state index >= 15 is 0 Å². The second kappa shape index (κ2) is 9.28. The van der Waals surface area contributed by atoms with Crippen molar-refractivity contribution in [2.24, 2.45) is 0 Å². The Bertz CT molecular complexity index is 685. The van der Waals surface area contributed by atoms with Gasteiger partial charge in [0, 0.05) is 32.4 Å². The molecular weight excluding hydrogens is 342 g/mol. The van der Waals surface area contributed by atoms with Crippen LogP contribution in [0.15, 0.2) is 23.1 Å². The average Bonchev–Trinajstić information content (AvgIpc) is 2.61. The van der Waals surface area contributed by atoms with Crippen molar-refractivity contribution < 1.29 is 17.9 Å². The number of carbonyl (C=O) groups excluding carboxylic acids is 1. The molecule has 2 N–H and O–H groups in total. The molecule has 1 saturated heterocycles. The fourth-order valence-corrected chi connectivity index (χ4v) is 4.55. The quantitative estimate of drug-likeness (QED) is 0.675. The molecule has 25 heavy (non-hydrogen) atoms. The van der Waals surface area contributed by atoms with Gasteiger partial charge in [-0.25, -0.2) is 8.42 Å². The second-order valence-electron chi connectivity index (χ2n) is 6.16. The first-order chi connectivity index (χ1) is 11.9. The summed E-state index contributed by atoms with van der Waals surface area (Å²) in [6.45, 7) is 4.13. The predicted molar refractivity (Wildman–Crippen MR) is 97.2 cm³/mol. The SMILES string of the molecule is COCCNCC(=O)Nc1ccc(C)c(S(=O)(=O)N2CCCCC2)c1. The molecule has 0 atom stereocenters. The van der Waals surface area contributed by atoms with E-state index in [2.05, 4.69) is 10.6 Å². The molecule has 0 aromatic heterocycles. The largest absolute Gasteiger partial charge is 0.383 e. The molecule has 1 aromatic carbocycles. The van der Waals surface area contributed by atoms with Crippen LogP contribution in [0.4, 0.5) is 5.69 Å². The van der Waals surface area contributed by atoms with Crippen LogP contribution in [-0.2, 0) is 19.6 Å². The number of amides is 1. The van der Waals surface area contributed by atoms with E-state index in [4.69, 9.17) is 4.74 Å². The highest BCUT2D eigenvalue weighted by Crippen LogP contribution is 2.25. The monoisotopic (exact) mass is 369 g/mol. The van der Waals surface area contributed by atoms with E-state index < -0.39 is 10.0 Å². The third-order valence-electron chi connectivity index (χ3n) is 4.17. The highest BCUT2D eigenvalue weighted by atomic mass is 32.2. The minimum Gasteiger partial charge on any atom is -0.383 e. The smallest absolute Gasteiger partial charge is 0.243 e. The number of carbonyl (C=O) groups is 1. The summed E-state index contributed by atoms with van der Waals surface area (Å²) in [4.78, 5) is 12.2. The Labute approximate surface area is 149 Å². The lowest BCUT2D eigenvalue weighted by atomic mass is 10.2. The van der Waals surface area contributed by atoms with Crippen molar-refractivity contribution in [2.75, 3.05) is 45.2 Å². The molecule has 0 aliphatic carbocycles. The number of ether oxygens (including phenoxy) is 1. The van der Waals surface area contributed by atoms with Gasteiger partial charge < -0.3 is 15.4 Å². The fourth-order valence-electron chi connectivity index (χ4n) is 2.78. The standard InChI is InChI=1S/C17H27N3O4S/c1-14-6-7-15(19-17(21)13-18-8-11-24-2)12-16(14)25(22,23)20-9-4-3-5-10-20/h6-7,12,18H,3-5,8-11,13H2,1-2H3,(H,19,21). The molecule has 0 unspecified atom stereocenters. The predicted octanol–water partition coefficient (Wildman–Crippen LogP) is 1.34. The summed E-state index contributed by atoms with van der Waals surface area (Å²) in [6.07, 6.45) is 2.85. The normalized spacial score (nSPS) is 15.9. The molecule has 0 radical (unpaired) electrons. The minimum atomic E-state index is -3.53. The third-order valence-corrected chi connectivity index (χ3v) is 6.21. The maximum atomic E-state index is 12.9. The van der Waals surface area contributed by atoms with Gasteiger partial charge in [-0.3, -0.25) is 4.79 Å². The summed E-state index contributed by atoms with van der Waals surface area (Å²) in [5, 5.41) is 5.69. The Kier molecular flexibility index (Phi) is 7.37. The number of rotatable bonds is 8. The van der Waals surface area contributed by atoms with Crippen molar-refractivity contribution >= 4 is 21.6 Å². The lowest BCUT2D eigenvalue weighted by molar-refractivity contribution is -0.115. The van der Waals surface area contributed by atoms with E-state index in [1.165, 1.54) is 4.31 Å². The molecule has 1 aliphatic heterocycles. The third kappa shape index (κ3) is 5.50. The number of methoxy groups -OCH3 is 1. The van der Waals surface area contributed by atoms with Gasteiger partial charge in [0.1, 0.15) is 0 Å². The van der Waals surface area contributed by atoms with Crippen molar-refractivity contribution in [2.45, 2.75) is 31.1 Å². The first kappa shape index (κ1) is 19.8. The molecule has 1 heterocycles. The lowest BCUT2D eigenvalue weighted by Gasteiger charge is -2.26. The summed E-state index contributed by atoms with van der Waals surface area (Å²) in [5.41, 5.74) is 1.17. The first-order valence-electron chi connectivity index (χ1n) is 8.55. The number of nitrogens with one attached hydrogen (secondary N) is 2. The number of hydrogen-bond acceptors (Lipinski definition) is 5. The van der Waals surface area contributed by atoms with Crippen LogP contribution in [0.2, 0.25) is 0 Å². The van der Waals surface area contributed by atoms with Gasteiger partial charge in [0.15, 0.2) is 0 Å². The molecule has 0 saturated carbocycles. The molecule has 7 nitrogen and oxygen atoms in total. The number of aryl methyl sites for hydroxylation is 1.